The van der Waals surface area contributed by atoms with Crippen LogP contribution in [-0.2, 0) is 6.54 Å². The van der Waals surface area contributed by atoms with E-state index in [1.807, 2.05) is 25.1 Å². The minimum atomic E-state index is -0.332. The number of halogens is 2. The molecule has 0 atom stereocenters. The number of rotatable bonds is 4. The SMILES string of the molecule is CCN(Cc1cccc(Cl)c1)C(=O)c1ccc(F)cc1C. The van der Waals surface area contributed by atoms with E-state index >= 15 is 0 Å². The predicted molar refractivity (Wildman–Crippen MR) is 83.0 cm³/mol. The quantitative estimate of drug-likeness (QED) is 0.817. The highest BCUT2D eigenvalue weighted by Crippen LogP contribution is 2.17. The highest BCUT2D eigenvalue weighted by atomic mass is 35.5. The van der Waals surface area contributed by atoms with Gasteiger partial charge in [-0.3, -0.25) is 4.79 Å². The van der Waals surface area contributed by atoms with Crippen molar-refractivity contribution in [2.75, 3.05) is 6.54 Å². The van der Waals surface area contributed by atoms with Crippen molar-refractivity contribution in [1.82, 2.24) is 4.90 Å². The number of carbonyl (C=O) groups is 1. The Kier molecular flexibility index (Phi) is 4.97. The van der Waals surface area contributed by atoms with Crippen LogP contribution < -0.4 is 0 Å². The van der Waals surface area contributed by atoms with Gasteiger partial charge in [0.2, 0.25) is 0 Å². The summed E-state index contributed by atoms with van der Waals surface area (Å²) in [7, 11) is 0. The van der Waals surface area contributed by atoms with Gasteiger partial charge >= 0.3 is 0 Å². The minimum absolute atomic E-state index is 0.102. The van der Waals surface area contributed by atoms with Crippen LogP contribution in [0.25, 0.3) is 0 Å². The van der Waals surface area contributed by atoms with Gasteiger partial charge in [0.25, 0.3) is 5.91 Å². The topological polar surface area (TPSA) is 20.3 Å². The lowest BCUT2D eigenvalue weighted by Crippen LogP contribution is -2.30. The van der Waals surface area contributed by atoms with E-state index in [-0.39, 0.29) is 11.7 Å². The molecule has 0 saturated carbocycles. The molecule has 0 saturated heterocycles. The number of hydrogen-bond acceptors (Lipinski definition) is 1. The Hall–Kier alpha value is -1.87. The Labute approximate surface area is 129 Å². The van der Waals surface area contributed by atoms with Gasteiger partial charge in [-0.05, 0) is 55.3 Å². The molecule has 0 aliphatic carbocycles. The molecule has 0 unspecified atom stereocenters. The van der Waals surface area contributed by atoms with E-state index in [9.17, 15) is 9.18 Å². The summed E-state index contributed by atoms with van der Waals surface area (Å²) in [4.78, 5) is 14.3. The monoisotopic (exact) mass is 305 g/mol. The molecule has 110 valence electrons. The zero-order chi connectivity index (χ0) is 15.4. The molecule has 2 nitrogen and oxygen atoms in total. The smallest absolute Gasteiger partial charge is 0.254 e. The molecular formula is C17H17ClFNO. The first-order valence-corrected chi connectivity index (χ1v) is 7.19. The molecule has 0 aliphatic heterocycles. The normalized spacial score (nSPS) is 10.5. The average Bonchev–Trinajstić information content (AvgIpc) is 2.44. The molecule has 0 spiro atoms. The van der Waals surface area contributed by atoms with E-state index < -0.39 is 0 Å². The summed E-state index contributed by atoms with van der Waals surface area (Å²) in [5.41, 5.74) is 2.14. The number of aryl methyl sites for hydroxylation is 1. The van der Waals surface area contributed by atoms with Crippen molar-refractivity contribution in [3.63, 3.8) is 0 Å². The molecule has 21 heavy (non-hydrogen) atoms. The molecule has 0 bridgehead atoms. The van der Waals surface area contributed by atoms with Crippen LogP contribution in [0, 0.1) is 12.7 Å². The molecule has 2 aromatic carbocycles. The Bertz CT molecular complexity index is 657. The van der Waals surface area contributed by atoms with Crippen LogP contribution >= 0.6 is 11.6 Å². The van der Waals surface area contributed by atoms with Crippen molar-refractivity contribution in [3.05, 3.63) is 70.0 Å². The van der Waals surface area contributed by atoms with Crippen molar-refractivity contribution < 1.29 is 9.18 Å². The summed E-state index contributed by atoms with van der Waals surface area (Å²) in [5, 5.41) is 0.647. The van der Waals surface area contributed by atoms with Crippen LogP contribution in [0.5, 0.6) is 0 Å². The van der Waals surface area contributed by atoms with Crippen LogP contribution in [0.15, 0.2) is 42.5 Å². The third-order valence-corrected chi connectivity index (χ3v) is 3.59. The summed E-state index contributed by atoms with van der Waals surface area (Å²) >= 11 is 5.97. The zero-order valence-corrected chi connectivity index (χ0v) is 12.8. The van der Waals surface area contributed by atoms with Gasteiger partial charge in [0.05, 0.1) is 0 Å². The second kappa shape index (κ2) is 6.72. The highest BCUT2D eigenvalue weighted by Gasteiger charge is 2.17. The predicted octanol–water partition coefficient (Wildman–Crippen LogP) is 4.45. The summed E-state index contributed by atoms with van der Waals surface area (Å²) < 4.78 is 13.1. The molecule has 4 heteroatoms. The summed E-state index contributed by atoms with van der Waals surface area (Å²) in [6.45, 7) is 4.71. The fourth-order valence-corrected chi connectivity index (χ4v) is 2.43. The summed E-state index contributed by atoms with van der Waals surface area (Å²) in [5.74, 6) is -0.433. The Morgan fingerprint density at radius 3 is 2.62 bits per heavy atom. The average molecular weight is 306 g/mol. The number of amides is 1. The number of carbonyl (C=O) groups excluding carboxylic acids is 1. The van der Waals surface area contributed by atoms with Gasteiger partial charge in [0, 0.05) is 23.7 Å². The molecular weight excluding hydrogens is 289 g/mol. The number of hydrogen-bond donors (Lipinski definition) is 0. The molecule has 0 N–H and O–H groups in total. The minimum Gasteiger partial charge on any atom is -0.335 e. The van der Waals surface area contributed by atoms with Crippen LogP contribution in [0.1, 0.15) is 28.4 Å². The van der Waals surface area contributed by atoms with Crippen molar-refractivity contribution >= 4 is 17.5 Å². The maximum absolute atomic E-state index is 13.1. The van der Waals surface area contributed by atoms with E-state index in [1.165, 1.54) is 18.2 Å². The Morgan fingerprint density at radius 1 is 1.24 bits per heavy atom. The molecule has 1 amide bonds. The van der Waals surface area contributed by atoms with Crippen LogP contribution in [0.3, 0.4) is 0 Å². The van der Waals surface area contributed by atoms with Crippen LogP contribution in [0.2, 0.25) is 5.02 Å². The molecule has 0 fully saturated rings. The molecule has 0 aromatic heterocycles. The third-order valence-electron chi connectivity index (χ3n) is 3.35. The standard InChI is InChI=1S/C17H17ClFNO/c1-3-20(11-13-5-4-6-14(18)10-13)17(21)16-8-7-15(19)9-12(16)2/h4-10H,3,11H2,1-2H3. The van der Waals surface area contributed by atoms with E-state index in [0.717, 1.165) is 5.56 Å². The third kappa shape index (κ3) is 3.82. The lowest BCUT2D eigenvalue weighted by Gasteiger charge is -2.22. The Morgan fingerprint density at radius 2 is 2.00 bits per heavy atom. The molecule has 2 aromatic rings. The molecule has 2 rings (SSSR count). The van der Waals surface area contributed by atoms with Crippen LogP contribution in [-0.4, -0.2) is 17.4 Å². The first-order valence-electron chi connectivity index (χ1n) is 6.81. The fourth-order valence-electron chi connectivity index (χ4n) is 2.22. The molecule has 0 heterocycles. The maximum Gasteiger partial charge on any atom is 0.254 e. The summed E-state index contributed by atoms with van der Waals surface area (Å²) in [6, 6.07) is 11.7. The first kappa shape index (κ1) is 15.5. The number of nitrogens with zero attached hydrogens (tertiary/aromatic N) is 1. The molecule has 0 radical (unpaired) electrons. The molecule has 0 aliphatic rings. The van der Waals surface area contributed by atoms with Gasteiger partial charge in [0.1, 0.15) is 5.82 Å². The number of benzene rings is 2. The van der Waals surface area contributed by atoms with Crippen molar-refractivity contribution in [1.29, 1.82) is 0 Å². The van der Waals surface area contributed by atoms with Crippen molar-refractivity contribution in [2.24, 2.45) is 0 Å². The Balaban J connectivity index is 2.22. The van der Waals surface area contributed by atoms with Gasteiger partial charge in [-0.15, -0.1) is 0 Å². The first-order chi connectivity index (χ1) is 10.0. The summed E-state index contributed by atoms with van der Waals surface area (Å²) in [6.07, 6.45) is 0. The second-order valence-corrected chi connectivity index (χ2v) is 5.34. The largest absolute Gasteiger partial charge is 0.335 e. The highest BCUT2D eigenvalue weighted by molar-refractivity contribution is 6.30. The van der Waals surface area contributed by atoms with Crippen molar-refractivity contribution in [3.8, 4) is 0 Å². The van der Waals surface area contributed by atoms with Gasteiger partial charge in [0.15, 0.2) is 0 Å². The zero-order valence-electron chi connectivity index (χ0n) is 12.1. The van der Waals surface area contributed by atoms with E-state index in [4.69, 9.17) is 11.6 Å². The van der Waals surface area contributed by atoms with E-state index in [2.05, 4.69) is 0 Å². The van der Waals surface area contributed by atoms with E-state index in [1.54, 1.807) is 17.9 Å². The van der Waals surface area contributed by atoms with Crippen LogP contribution in [0.4, 0.5) is 4.39 Å². The van der Waals surface area contributed by atoms with Gasteiger partial charge in [-0.2, -0.15) is 0 Å². The van der Waals surface area contributed by atoms with Gasteiger partial charge < -0.3 is 4.90 Å². The van der Waals surface area contributed by atoms with Gasteiger partial charge in [-0.1, -0.05) is 23.7 Å². The maximum atomic E-state index is 13.1. The lowest BCUT2D eigenvalue weighted by molar-refractivity contribution is 0.0752. The fraction of sp³-hybridized carbons (Fsp3) is 0.235. The van der Waals surface area contributed by atoms with Crippen molar-refractivity contribution in [2.45, 2.75) is 20.4 Å². The lowest BCUT2D eigenvalue weighted by atomic mass is 10.1. The van der Waals surface area contributed by atoms with E-state index in [0.29, 0.717) is 29.2 Å². The van der Waals surface area contributed by atoms with Gasteiger partial charge in [-0.25, -0.2) is 4.39 Å². The second-order valence-electron chi connectivity index (χ2n) is 4.91.